The highest BCUT2D eigenvalue weighted by Crippen LogP contribution is 2.48. The van der Waals surface area contributed by atoms with E-state index in [1.165, 1.54) is 0 Å². The maximum Gasteiger partial charge on any atom is 0.534 e. The van der Waals surface area contributed by atoms with Crippen LogP contribution < -0.4 is 4.18 Å². The van der Waals surface area contributed by atoms with E-state index in [0.29, 0.717) is 0 Å². The summed E-state index contributed by atoms with van der Waals surface area (Å²) in [7, 11) is -6.36. The van der Waals surface area contributed by atoms with Gasteiger partial charge < -0.3 is 4.18 Å². The zero-order chi connectivity index (χ0) is 18.4. The average molecular weight is 409 g/mol. The van der Waals surface area contributed by atoms with Gasteiger partial charge in [0.1, 0.15) is 5.52 Å². The maximum atomic E-state index is 12.4. The minimum absolute atomic E-state index is 0.270. The van der Waals surface area contributed by atoms with E-state index in [2.05, 4.69) is 12.9 Å². The number of hydrogen-bond acceptors (Lipinski definition) is 10. The second kappa shape index (κ2) is 5.64. The molecule has 11 nitrogen and oxygen atoms in total. The highest BCUT2D eigenvalue weighted by atomic mass is 35.5. The van der Waals surface area contributed by atoms with Crippen molar-refractivity contribution in [2.45, 2.75) is 5.51 Å². The normalized spacial score (nSPS) is 12.3. The minimum Gasteiger partial charge on any atom is -0.366 e. The lowest BCUT2D eigenvalue weighted by Crippen LogP contribution is -2.28. The molecule has 0 amide bonds. The van der Waals surface area contributed by atoms with Crippen molar-refractivity contribution in [1.29, 1.82) is 0 Å². The van der Waals surface area contributed by atoms with Gasteiger partial charge in [-0.25, -0.2) is 0 Å². The quantitative estimate of drug-likeness (QED) is 0.320. The van der Waals surface area contributed by atoms with E-state index >= 15 is 0 Å². The molecule has 0 fully saturated rings. The van der Waals surface area contributed by atoms with Crippen molar-refractivity contribution >= 4 is 55.9 Å². The van der Waals surface area contributed by atoms with Crippen LogP contribution in [0.2, 0.25) is 5.02 Å². The first-order valence-corrected chi connectivity index (χ1v) is 7.67. The van der Waals surface area contributed by atoms with Gasteiger partial charge in [-0.3, -0.25) is 20.2 Å². The molecule has 0 spiro atoms. The van der Waals surface area contributed by atoms with E-state index < -0.39 is 58.7 Å². The second-order valence-electron chi connectivity index (χ2n) is 3.80. The second-order valence-corrected chi connectivity index (χ2v) is 6.24. The van der Waals surface area contributed by atoms with Crippen LogP contribution in [0.4, 0.5) is 24.5 Å². The fraction of sp³-hybridized carbons (Fsp3) is 0.143. The summed E-state index contributed by atoms with van der Waals surface area (Å²) in [5.74, 6) is -1.60. The summed E-state index contributed by atoms with van der Waals surface area (Å²) in [6.07, 6.45) is 0. The molecule has 0 aliphatic rings. The number of aromatic nitrogens is 2. The molecule has 0 N–H and O–H groups in total. The highest BCUT2D eigenvalue weighted by Gasteiger charge is 2.51. The van der Waals surface area contributed by atoms with Crippen LogP contribution in [-0.4, -0.2) is 32.5 Å². The summed E-state index contributed by atoms with van der Waals surface area (Å²) >= 11 is 5.86. The number of alkyl halides is 3. The monoisotopic (exact) mass is 408 g/mol. The Morgan fingerprint density at radius 3 is 2.04 bits per heavy atom. The van der Waals surface area contributed by atoms with Crippen LogP contribution in [0.5, 0.6) is 5.75 Å². The molecule has 0 atom stereocenters. The van der Waals surface area contributed by atoms with Gasteiger partial charge in [-0.15, -0.1) is 0 Å². The molecule has 17 heteroatoms. The van der Waals surface area contributed by atoms with Crippen molar-refractivity contribution in [3.05, 3.63) is 25.3 Å². The Balaban J connectivity index is 2.94. The van der Waals surface area contributed by atoms with E-state index in [9.17, 15) is 41.8 Å². The third-order valence-electron chi connectivity index (χ3n) is 2.40. The number of nitrogens with zero attached hydrogens (tertiary/aromatic N) is 4. The summed E-state index contributed by atoms with van der Waals surface area (Å²) in [6, 6.07) is 0. The number of benzene rings is 1. The molecule has 0 radical (unpaired) electrons. The van der Waals surface area contributed by atoms with E-state index in [0.717, 1.165) is 0 Å². The first kappa shape index (κ1) is 18.0. The Morgan fingerprint density at radius 1 is 1.08 bits per heavy atom. The predicted molar refractivity (Wildman–Crippen MR) is 71.3 cm³/mol. The first-order valence-electron chi connectivity index (χ1n) is 5.15. The van der Waals surface area contributed by atoms with Gasteiger partial charge in [0.05, 0.1) is 21.6 Å². The SMILES string of the molecule is O=[N+]([O-])c1c([N+](=O)[O-])c(OS(=O)(=O)C(F)(F)F)c2nsnc2c1Cl. The molecule has 0 bridgehead atoms. The molecular formula is C7ClF3N4O7S2. The number of hydrogen-bond donors (Lipinski definition) is 0. The van der Waals surface area contributed by atoms with Crippen LogP contribution >= 0.6 is 23.3 Å². The summed E-state index contributed by atoms with van der Waals surface area (Å²) in [5, 5.41) is 21.1. The molecule has 2 rings (SSSR count). The number of nitro groups is 2. The van der Waals surface area contributed by atoms with E-state index in [1.54, 1.807) is 0 Å². The topological polar surface area (TPSA) is 155 Å². The van der Waals surface area contributed by atoms with Crippen LogP contribution in [0.25, 0.3) is 11.0 Å². The maximum absolute atomic E-state index is 12.4. The van der Waals surface area contributed by atoms with Gasteiger partial charge in [0, 0.05) is 0 Å². The smallest absolute Gasteiger partial charge is 0.366 e. The highest BCUT2D eigenvalue weighted by molar-refractivity contribution is 7.88. The van der Waals surface area contributed by atoms with Gasteiger partial charge in [0.2, 0.25) is 0 Å². The number of halogens is 4. The van der Waals surface area contributed by atoms with Crippen LogP contribution in [0, 0.1) is 20.2 Å². The van der Waals surface area contributed by atoms with Crippen molar-refractivity contribution in [1.82, 2.24) is 8.75 Å². The number of nitro benzene ring substituents is 2. The zero-order valence-corrected chi connectivity index (χ0v) is 12.9. The van der Waals surface area contributed by atoms with Crippen molar-refractivity contribution < 1.29 is 35.6 Å². The first-order chi connectivity index (χ1) is 10.9. The van der Waals surface area contributed by atoms with Gasteiger partial charge in [-0.1, -0.05) is 11.6 Å². The fourth-order valence-electron chi connectivity index (χ4n) is 1.49. The van der Waals surface area contributed by atoms with Crippen molar-refractivity contribution in [2.75, 3.05) is 0 Å². The van der Waals surface area contributed by atoms with E-state index in [1.807, 2.05) is 0 Å². The van der Waals surface area contributed by atoms with Gasteiger partial charge in [-0.2, -0.15) is 30.3 Å². The van der Waals surface area contributed by atoms with Crippen LogP contribution in [0.15, 0.2) is 0 Å². The molecule has 1 heterocycles. The molecule has 0 saturated carbocycles. The predicted octanol–water partition coefficient (Wildman–Crippen LogP) is 2.39. The van der Waals surface area contributed by atoms with Crippen molar-refractivity contribution in [2.24, 2.45) is 0 Å². The molecule has 1 aromatic carbocycles. The largest absolute Gasteiger partial charge is 0.534 e. The average Bonchev–Trinajstić information content (AvgIpc) is 2.88. The Hall–Kier alpha value is -2.33. The van der Waals surface area contributed by atoms with Crippen molar-refractivity contribution in [3.63, 3.8) is 0 Å². The molecule has 0 aliphatic carbocycles. The Kier molecular flexibility index (Phi) is 4.23. The summed E-state index contributed by atoms with van der Waals surface area (Å²) < 4.78 is 70.0. The van der Waals surface area contributed by atoms with Crippen molar-refractivity contribution in [3.8, 4) is 5.75 Å². The number of rotatable bonds is 4. The standard InChI is InChI=1S/C7ClF3N4O7S2/c8-1-2-3(13-23-12-2)6(22-24(20,21)7(9,10)11)5(15(18)19)4(1)14(16)17. The van der Waals surface area contributed by atoms with E-state index in [4.69, 9.17) is 11.6 Å². The summed E-state index contributed by atoms with van der Waals surface area (Å²) in [5.41, 5.74) is -10.6. The summed E-state index contributed by atoms with van der Waals surface area (Å²) in [6.45, 7) is 0. The fourth-order valence-corrected chi connectivity index (χ4v) is 2.85. The van der Waals surface area contributed by atoms with Gasteiger partial charge >= 0.3 is 27.0 Å². The molecule has 0 aliphatic heterocycles. The lowest BCUT2D eigenvalue weighted by atomic mass is 10.2. The summed E-state index contributed by atoms with van der Waals surface area (Å²) in [4.78, 5) is 19.1. The van der Waals surface area contributed by atoms with Crippen LogP contribution in [0.3, 0.4) is 0 Å². The molecule has 24 heavy (non-hydrogen) atoms. The molecule has 0 saturated heterocycles. The van der Waals surface area contributed by atoms with Crippen LogP contribution in [0.1, 0.15) is 0 Å². The van der Waals surface area contributed by atoms with E-state index in [-0.39, 0.29) is 11.7 Å². The van der Waals surface area contributed by atoms with Gasteiger partial charge in [-0.05, 0) is 0 Å². The lowest BCUT2D eigenvalue weighted by molar-refractivity contribution is -0.422. The van der Waals surface area contributed by atoms with Gasteiger partial charge in [0.15, 0.2) is 10.5 Å². The molecule has 130 valence electrons. The number of fused-ring (bicyclic) bond motifs is 1. The Bertz CT molecular complexity index is 973. The Labute approximate surface area is 137 Å². The van der Waals surface area contributed by atoms with Gasteiger partial charge in [0.25, 0.3) is 5.75 Å². The molecule has 0 unspecified atom stereocenters. The third kappa shape index (κ3) is 2.78. The molecule has 1 aromatic heterocycles. The zero-order valence-electron chi connectivity index (χ0n) is 10.5. The minimum atomic E-state index is -6.36. The molecular weight excluding hydrogens is 409 g/mol. The Morgan fingerprint density at radius 2 is 1.58 bits per heavy atom. The molecule has 2 aromatic rings. The third-order valence-corrected chi connectivity index (χ3v) is 4.24. The van der Waals surface area contributed by atoms with Crippen LogP contribution in [-0.2, 0) is 10.1 Å². The lowest BCUT2D eigenvalue weighted by Gasteiger charge is -2.10.